The van der Waals surface area contributed by atoms with Gasteiger partial charge in [-0.1, -0.05) is 6.07 Å². The third-order valence-corrected chi connectivity index (χ3v) is 23.0. The Balaban J connectivity index is 1.18. The van der Waals surface area contributed by atoms with Gasteiger partial charge in [0.25, 0.3) is 0 Å². The second kappa shape index (κ2) is 12.8. The second-order valence-corrected chi connectivity index (χ2v) is 24.2. The van der Waals surface area contributed by atoms with Gasteiger partial charge in [-0.05, 0) is 0 Å². The first-order valence-corrected chi connectivity index (χ1v) is 24.7. The molecule has 1 aliphatic carbocycles. The summed E-state index contributed by atoms with van der Waals surface area (Å²) in [5.74, 6) is 0.757. The summed E-state index contributed by atoms with van der Waals surface area (Å²) < 4.78 is 7.83. The molecule has 0 amide bonds. The van der Waals surface area contributed by atoms with E-state index in [4.69, 9.17) is 9.97 Å². The summed E-state index contributed by atoms with van der Waals surface area (Å²) >= 11 is -3.69. The van der Waals surface area contributed by atoms with Crippen molar-refractivity contribution in [3.8, 4) is 50.6 Å². The van der Waals surface area contributed by atoms with Crippen LogP contribution in [0.25, 0.3) is 72.4 Å². The van der Waals surface area contributed by atoms with Gasteiger partial charge in [0.15, 0.2) is 0 Å². The van der Waals surface area contributed by atoms with Crippen LogP contribution in [0.5, 0.6) is 0 Å². The SMILES string of the molecule is CC1(C)c2ccccc2-c2c1ccc1c3ccccc3n(-c3cccc(-c4nc(-c5ccccc5)n[c]5c4-c4cccc[c]4[Ge]5([c]4ccccc4)[c]4ccccc4)c3)c21. The molecule has 278 valence electrons. The van der Waals surface area contributed by atoms with Crippen molar-refractivity contribution >= 4 is 52.8 Å². The van der Waals surface area contributed by atoms with E-state index in [2.05, 4.69) is 219 Å². The second-order valence-electron chi connectivity index (χ2n) is 16.5. The van der Waals surface area contributed by atoms with Gasteiger partial charge in [-0.15, -0.1) is 0 Å². The van der Waals surface area contributed by atoms with Gasteiger partial charge in [-0.2, -0.15) is 0 Å². The zero-order chi connectivity index (χ0) is 39.3. The molecular formula is C55H39GeN3. The topological polar surface area (TPSA) is 30.7 Å². The van der Waals surface area contributed by atoms with Crippen LogP contribution in [0, 0.1) is 0 Å². The molecule has 0 spiro atoms. The van der Waals surface area contributed by atoms with Crippen LogP contribution < -0.4 is 17.7 Å². The minimum atomic E-state index is -3.69. The van der Waals surface area contributed by atoms with Gasteiger partial charge in [-0.25, -0.2) is 0 Å². The van der Waals surface area contributed by atoms with E-state index < -0.39 is 13.3 Å². The zero-order valence-electron chi connectivity index (χ0n) is 32.9. The van der Waals surface area contributed by atoms with E-state index in [0.29, 0.717) is 0 Å². The van der Waals surface area contributed by atoms with Crippen LogP contribution in [0.15, 0.2) is 200 Å². The van der Waals surface area contributed by atoms with Crippen molar-refractivity contribution < 1.29 is 0 Å². The van der Waals surface area contributed by atoms with E-state index in [0.717, 1.165) is 33.9 Å². The Morgan fingerprint density at radius 1 is 0.475 bits per heavy atom. The third kappa shape index (κ3) is 4.77. The van der Waals surface area contributed by atoms with Gasteiger partial charge in [0.1, 0.15) is 0 Å². The fraction of sp³-hybridized carbons (Fsp3) is 0.0545. The summed E-state index contributed by atoms with van der Waals surface area (Å²) in [5.41, 5.74) is 14.3. The van der Waals surface area contributed by atoms with Crippen molar-refractivity contribution in [2.75, 3.05) is 0 Å². The summed E-state index contributed by atoms with van der Waals surface area (Å²) in [6.07, 6.45) is 0. The van der Waals surface area contributed by atoms with Crippen LogP contribution in [-0.2, 0) is 5.41 Å². The van der Waals surface area contributed by atoms with Crippen LogP contribution in [0.1, 0.15) is 25.0 Å². The molecule has 2 aliphatic rings. The van der Waals surface area contributed by atoms with Crippen LogP contribution >= 0.6 is 0 Å². The quantitative estimate of drug-likeness (QED) is 0.162. The molecular weight excluding hydrogens is 775 g/mol. The molecule has 1 aliphatic heterocycles. The maximum absolute atomic E-state index is 5.73. The fourth-order valence-corrected chi connectivity index (χ4v) is 21.0. The molecule has 4 heteroatoms. The van der Waals surface area contributed by atoms with Crippen molar-refractivity contribution in [1.29, 1.82) is 0 Å². The maximum atomic E-state index is 5.73. The van der Waals surface area contributed by atoms with Crippen molar-refractivity contribution in [2.24, 2.45) is 0 Å². The molecule has 12 rings (SSSR count). The van der Waals surface area contributed by atoms with Crippen LogP contribution in [-0.4, -0.2) is 27.8 Å². The summed E-state index contributed by atoms with van der Waals surface area (Å²) in [4.78, 5) is 11.3. The first-order valence-electron chi connectivity index (χ1n) is 20.5. The van der Waals surface area contributed by atoms with E-state index in [1.807, 2.05) is 0 Å². The van der Waals surface area contributed by atoms with Crippen LogP contribution in [0.2, 0.25) is 0 Å². The molecule has 10 aromatic rings. The number of para-hydroxylation sites is 1. The monoisotopic (exact) mass is 815 g/mol. The van der Waals surface area contributed by atoms with Crippen molar-refractivity contribution in [3.05, 3.63) is 211 Å². The predicted octanol–water partition coefficient (Wildman–Crippen LogP) is 10.6. The molecule has 59 heavy (non-hydrogen) atoms. The Kier molecular flexibility index (Phi) is 7.45. The Morgan fingerprint density at radius 3 is 1.86 bits per heavy atom. The number of rotatable bonds is 5. The Labute approximate surface area is 346 Å². The Hall–Kier alpha value is -6.82. The average Bonchev–Trinajstić information content (AvgIpc) is 3.88. The molecule has 0 unspecified atom stereocenters. The van der Waals surface area contributed by atoms with Crippen molar-refractivity contribution in [2.45, 2.75) is 19.3 Å². The van der Waals surface area contributed by atoms with Crippen molar-refractivity contribution in [1.82, 2.24) is 14.5 Å². The molecule has 0 saturated heterocycles. The molecule has 3 nitrogen and oxygen atoms in total. The summed E-state index contributed by atoms with van der Waals surface area (Å²) in [7, 11) is 0. The van der Waals surface area contributed by atoms with Gasteiger partial charge in [0.2, 0.25) is 0 Å². The molecule has 8 aromatic carbocycles. The zero-order valence-corrected chi connectivity index (χ0v) is 35.0. The number of fused-ring (bicyclic) bond motifs is 10. The fourth-order valence-electron chi connectivity index (χ4n) is 10.5. The Bertz CT molecular complexity index is 3250. The number of hydrogen-bond acceptors (Lipinski definition) is 2. The van der Waals surface area contributed by atoms with Gasteiger partial charge in [-0.3, -0.25) is 0 Å². The van der Waals surface area contributed by atoms with Gasteiger partial charge >= 0.3 is 342 Å². The molecule has 0 radical (unpaired) electrons. The first kappa shape index (κ1) is 34.2. The molecule has 3 heterocycles. The summed E-state index contributed by atoms with van der Waals surface area (Å²) in [5, 5.41) is 2.52. The predicted molar refractivity (Wildman–Crippen MR) is 247 cm³/mol. The molecule has 2 aromatic heterocycles. The minimum absolute atomic E-state index is 0.110. The van der Waals surface area contributed by atoms with E-state index in [-0.39, 0.29) is 5.41 Å². The normalized spacial score (nSPS) is 14.2. The molecule has 0 fully saturated rings. The number of hydrogen-bond donors (Lipinski definition) is 0. The first-order chi connectivity index (χ1) is 29.0. The average molecular weight is 815 g/mol. The van der Waals surface area contributed by atoms with Gasteiger partial charge in [0.05, 0.1) is 0 Å². The van der Waals surface area contributed by atoms with E-state index in [1.54, 1.807) is 0 Å². The van der Waals surface area contributed by atoms with E-state index >= 15 is 0 Å². The molecule has 0 N–H and O–H groups in total. The standard InChI is InChI=1S/C55H39GeN3/c1-55(2)45-30-15-12-28-43(45)49-46(55)34-33-42-41-27-14-17-32-48(41)59(52(42)49)40-26-18-21-37(35-40)51-50-44-29-13-16-31-47(44)56(38-22-8-4-9-23-38,39-24-10-5-11-25-39)53(50)58-54(57-51)36-19-6-3-7-20-36/h3-35H,1-2H3. The number of nitrogens with zero attached hydrogens (tertiary/aromatic N) is 3. The van der Waals surface area contributed by atoms with E-state index in [1.165, 1.54) is 67.3 Å². The number of aromatic nitrogens is 3. The molecule has 0 atom stereocenters. The van der Waals surface area contributed by atoms with Crippen LogP contribution in [0.3, 0.4) is 0 Å². The van der Waals surface area contributed by atoms with E-state index in [9.17, 15) is 0 Å². The third-order valence-electron chi connectivity index (χ3n) is 13.1. The molecule has 0 bridgehead atoms. The Morgan fingerprint density at radius 2 is 1.10 bits per heavy atom. The van der Waals surface area contributed by atoms with Gasteiger partial charge in [0, 0.05) is 0 Å². The summed E-state index contributed by atoms with van der Waals surface area (Å²) in [6, 6.07) is 73.6. The van der Waals surface area contributed by atoms with Crippen LogP contribution in [0.4, 0.5) is 0 Å². The summed E-state index contributed by atoms with van der Waals surface area (Å²) in [6.45, 7) is 4.73. The molecule has 0 saturated carbocycles. The van der Waals surface area contributed by atoms with Crippen molar-refractivity contribution in [3.63, 3.8) is 0 Å². The van der Waals surface area contributed by atoms with Gasteiger partial charge < -0.3 is 0 Å². The number of benzene rings is 8.